The fraction of sp³-hybridized carbons (Fsp3) is 0.667. The highest BCUT2D eigenvalue weighted by molar-refractivity contribution is 5.73. The largest absolute Gasteiger partial charge is 0.298 e. The molecule has 0 N–H and O–H groups in total. The van der Waals surface area contributed by atoms with Gasteiger partial charge in [0.05, 0.1) is 0 Å². The van der Waals surface area contributed by atoms with Crippen LogP contribution in [0.15, 0.2) is 23.3 Å². The van der Waals surface area contributed by atoms with Gasteiger partial charge in [0.1, 0.15) is 6.29 Å². The minimum absolute atomic E-state index is 0.416. The van der Waals surface area contributed by atoms with Crippen molar-refractivity contribution in [3.8, 4) is 0 Å². The van der Waals surface area contributed by atoms with Gasteiger partial charge in [-0.1, -0.05) is 31.6 Å². The number of aldehydes is 1. The van der Waals surface area contributed by atoms with Crippen molar-refractivity contribution in [1.29, 1.82) is 0 Å². The molecule has 1 heteroatoms. The Kier molecular flexibility index (Phi) is 3.05. The minimum atomic E-state index is 0.416. The summed E-state index contributed by atoms with van der Waals surface area (Å²) in [4.78, 5) is 11.0. The molecule has 0 aliphatic heterocycles. The van der Waals surface area contributed by atoms with Crippen LogP contribution < -0.4 is 0 Å². The van der Waals surface area contributed by atoms with E-state index in [2.05, 4.69) is 32.9 Å². The summed E-state index contributed by atoms with van der Waals surface area (Å²) in [5.41, 5.74) is 2.92. The molecule has 16 heavy (non-hydrogen) atoms. The van der Waals surface area contributed by atoms with Gasteiger partial charge >= 0.3 is 0 Å². The van der Waals surface area contributed by atoms with Crippen molar-refractivity contribution in [2.24, 2.45) is 17.3 Å². The molecule has 0 amide bonds. The highest BCUT2D eigenvalue weighted by Gasteiger charge is 2.55. The van der Waals surface area contributed by atoms with Crippen molar-refractivity contribution < 1.29 is 4.79 Å². The van der Waals surface area contributed by atoms with Crippen molar-refractivity contribution in [3.05, 3.63) is 23.3 Å². The zero-order valence-electron chi connectivity index (χ0n) is 10.6. The van der Waals surface area contributed by atoms with Gasteiger partial charge in [-0.15, -0.1) is 0 Å². The van der Waals surface area contributed by atoms with Crippen LogP contribution in [0.25, 0.3) is 0 Å². The van der Waals surface area contributed by atoms with E-state index in [1.54, 1.807) is 0 Å². The Morgan fingerprint density at radius 3 is 2.81 bits per heavy atom. The third-order valence-electron chi connectivity index (χ3n) is 4.46. The SMILES string of the molecule is C/C1=C/CC/C(C=O)=C\[C@H]2[C@H](CC1)C2(C)C. The van der Waals surface area contributed by atoms with Crippen molar-refractivity contribution >= 4 is 6.29 Å². The van der Waals surface area contributed by atoms with Crippen LogP contribution in [0.3, 0.4) is 0 Å². The van der Waals surface area contributed by atoms with Gasteiger partial charge in [0.15, 0.2) is 0 Å². The fourth-order valence-electron chi connectivity index (χ4n) is 3.05. The third kappa shape index (κ3) is 2.14. The van der Waals surface area contributed by atoms with Gasteiger partial charge in [-0.25, -0.2) is 0 Å². The number of carbonyl (C=O) groups is 1. The van der Waals surface area contributed by atoms with Gasteiger partial charge in [0.25, 0.3) is 0 Å². The predicted octanol–water partition coefficient (Wildman–Crippen LogP) is 3.90. The summed E-state index contributed by atoms with van der Waals surface area (Å²) in [5, 5.41) is 0. The van der Waals surface area contributed by atoms with Crippen LogP contribution >= 0.6 is 0 Å². The number of fused-ring (bicyclic) bond motifs is 1. The maximum Gasteiger partial charge on any atom is 0.145 e. The first-order chi connectivity index (χ1) is 7.55. The lowest BCUT2D eigenvalue weighted by Crippen LogP contribution is -1.91. The van der Waals surface area contributed by atoms with Crippen molar-refractivity contribution in [2.45, 2.75) is 46.5 Å². The Bertz CT molecular complexity index is 346. The zero-order valence-corrected chi connectivity index (χ0v) is 10.6. The summed E-state index contributed by atoms with van der Waals surface area (Å²) in [7, 11) is 0. The van der Waals surface area contributed by atoms with E-state index in [1.165, 1.54) is 18.4 Å². The van der Waals surface area contributed by atoms with E-state index in [9.17, 15) is 4.79 Å². The van der Waals surface area contributed by atoms with Crippen LogP contribution in [-0.2, 0) is 4.79 Å². The van der Waals surface area contributed by atoms with Crippen LogP contribution in [0, 0.1) is 17.3 Å². The maximum absolute atomic E-state index is 11.0. The van der Waals surface area contributed by atoms with E-state index >= 15 is 0 Å². The zero-order chi connectivity index (χ0) is 11.8. The monoisotopic (exact) mass is 218 g/mol. The van der Waals surface area contributed by atoms with E-state index in [4.69, 9.17) is 0 Å². The molecule has 0 aromatic rings. The van der Waals surface area contributed by atoms with Crippen LogP contribution in [0.1, 0.15) is 46.5 Å². The molecule has 0 aromatic heterocycles. The molecule has 0 radical (unpaired) electrons. The van der Waals surface area contributed by atoms with Gasteiger partial charge in [-0.2, -0.15) is 0 Å². The number of carbonyl (C=O) groups excluding carboxylic acids is 1. The first-order valence-corrected chi connectivity index (χ1v) is 6.37. The van der Waals surface area contributed by atoms with Crippen molar-refractivity contribution in [1.82, 2.24) is 0 Å². The standard InChI is InChI=1S/C15H22O/c1-11-5-4-6-12(10-16)9-14-13(8-7-11)15(14,2)3/h5,9-10,13-14H,4,6-8H2,1-3H3/b11-5-,12-9+/t13-,14-/m0/s1. The number of allylic oxidation sites excluding steroid dienone is 4. The molecular weight excluding hydrogens is 196 g/mol. The average Bonchev–Trinajstić information content (AvgIpc) is 2.76. The van der Waals surface area contributed by atoms with Gasteiger partial charge < -0.3 is 0 Å². The van der Waals surface area contributed by atoms with E-state index in [0.29, 0.717) is 11.3 Å². The predicted molar refractivity (Wildman–Crippen MR) is 67.1 cm³/mol. The summed E-state index contributed by atoms with van der Waals surface area (Å²) >= 11 is 0. The van der Waals surface area contributed by atoms with E-state index in [-0.39, 0.29) is 0 Å². The second kappa shape index (κ2) is 4.20. The molecule has 0 bridgehead atoms. The molecule has 1 nitrogen and oxygen atoms in total. The van der Waals surface area contributed by atoms with E-state index in [1.807, 2.05) is 0 Å². The Morgan fingerprint density at radius 1 is 1.38 bits per heavy atom. The molecular formula is C15H22O. The van der Waals surface area contributed by atoms with Gasteiger partial charge in [0, 0.05) is 0 Å². The van der Waals surface area contributed by atoms with Crippen LogP contribution in [0.2, 0.25) is 0 Å². The highest BCUT2D eigenvalue weighted by atomic mass is 16.1. The molecule has 0 unspecified atom stereocenters. The number of hydrogen-bond donors (Lipinski definition) is 0. The van der Waals surface area contributed by atoms with Crippen LogP contribution in [0.4, 0.5) is 0 Å². The van der Waals surface area contributed by atoms with Crippen LogP contribution in [-0.4, -0.2) is 6.29 Å². The molecule has 2 atom stereocenters. The quantitative estimate of drug-likeness (QED) is 0.482. The van der Waals surface area contributed by atoms with E-state index in [0.717, 1.165) is 30.6 Å². The Hall–Kier alpha value is -0.850. The lowest BCUT2D eigenvalue weighted by atomic mass is 10.0. The van der Waals surface area contributed by atoms with Crippen molar-refractivity contribution in [2.75, 3.05) is 0 Å². The normalized spacial score (nSPS) is 39.7. The first-order valence-electron chi connectivity index (χ1n) is 6.37. The lowest BCUT2D eigenvalue weighted by molar-refractivity contribution is -0.105. The molecule has 2 rings (SSSR count). The summed E-state index contributed by atoms with van der Waals surface area (Å²) in [6, 6.07) is 0. The Morgan fingerprint density at radius 2 is 2.12 bits per heavy atom. The minimum Gasteiger partial charge on any atom is -0.298 e. The topological polar surface area (TPSA) is 17.1 Å². The molecule has 0 heterocycles. The maximum atomic E-state index is 11.0. The average molecular weight is 218 g/mol. The third-order valence-corrected chi connectivity index (χ3v) is 4.46. The molecule has 1 saturated carbocycles. The van der Waals surface area contributed by atoms with Crippen LogP contribution in [0.5, 0.6) is 0 Å². The smallest absolute Gasteiger partial charge is 0.145 e. The van der Waals surface area contributed by atoms with Gasteiger partial charge in [-0.3, -0.25) is 4.79 Å². The molecule has 0 spiro atoms. The summed E-state index contributed by atoms with van der Waals surface area (Å²) in [6.45, 7) is 6.88. The molecule has 88 valence electrons. The summed E-state index contributed by atoms with van der Waals surface area (Å²) in [5.74, 6) is 1.42. The summed E-state index contributed by atoms with van der Waals surface area (Å²) in [6.07, 6.45) is 10.0. The Balaban J connectivity index is 2.18. The molecule has 2 aliphatic rings. The number of hydrogen-bond acceptors (Lipinski definition) is 1. The number of rotatable bonds is 1. The van der Waals surface area contributed by atoms with Gasteiger partial charge in [-0.05, 0) is 55.4 Å². The fourth-order valence-corrected chi connectivity index (χ4v) is 3.05. The first kappa shape index (κ1) is 11.6. The van der Waals surface area contributed by atoms with Crippen molar-refractivity contribution in [3.63, 3.8) is 0 Å². The summed E-state index contributed by atoms with van der Waals surface area (Å²) < 4.78 is 0. The second-order valence-corrected chi connectivity index (χ2v) is 5.94. The van der Waals surface area contributed by atoms with Gasteiger partial charge in [0.2, 0.25) is 0 Å². The molecule has 0 saturated heterocycles. The lowest BCUT2D eigenvalue weighted by Gasteiger charge is -2.04. The van der Waals surface area contributed by atoms with E-state index < -0.39 is 0 Å². The molecule has 2 aliphatic carbocycles. The second-order valence-electron chi connectivity index (χ2n) is 5.94. The molecule has 0 aromatic carbocycles. The Labute approximate surface area is 98.6 Å². The molecule has 1 fully saturated rings. The highest BCUT2D eigenvalue weighted by Crippen LogP contribution is 2.61.